The minimum Gasteiger partial charge on any atom is -0.373 e. The quantitative estimate of drug-likeness (QED) is 0.740. The molecule has 2 heteroatoms. The van der Waals surface area contributed by atoms with E-state index in [0.717, 1.165) is 12.0 Å². The van der Waals surface area contributed by atoms with E-state index in [1.54, 1.807) is 0 Å². The van der Waals surface area contributed by atoms with Crippen molar-refractivity contribution >= 4 is 5.78 Å². The number of hydrogen-bond donors (Lipinski definition) is 0. The molecule has 1 fully saturated rings. The average molecular weight is 204 g/mol. The van der Waals surface area contributed by atoms with E-state index in [-0.39, 0.29) is 6.10 Å². The van der Waals surface area contributed by atoms with Crippen LogP contribution in [0.5, 0.6) is 0 Å². The van der Waals surface area contributed by atoms with Crippen molar-refractivity contribution in [2.45, 2.75) is 32.3 Å². The average Bonchev–Trinajstić information content (AvgIpc) is 2.29. The third kappa shape index (κ3) is 2.45. The molecule has 80 valence electrons. The maximum Gasteiger partial charge on any atom is 0.138 e. The van der Waals surface area contributed by atoms with Crippen LogP contribution in [0.1, 0.15) is 37.0 Å². The summed E-state index contributed by atoms with van der Waals surface area (Å²) in [6, 6.07) is 8.36. The zero-order valence-electron chi connectivity index (χ0n) is 9.03. The molecule has 1 atom stereocenters. The summed E-state index contributed by atoms with van der Waals surface area (Å²) in [5.41, 5.74) is 2.45. The van der Waals surface area contributed by atoms with Crippen LogP contribution in [0.3, 0.4) is 0 Å². The minimum absolute atomic E-state index is 0.0165. The lowest BCUT2D eigenvalue weighted by molar-refractivity contribution is -0.128. The predicted molar refractivity (Wildman–Crippen MR) is 58.8 cm³/mol. The van der Waals surface area contributed by atoms with Crippen LogP contribution in [0.4, 0.5) is 0 Å². The van der Waals surface area contributed by atoms with E-state index in [1.807, 2.05) is 0 Å². The van der Waals surface area contributed by atoms with Crippen molar-refractivity contribution in [2.24, 2.45) is 0 Å². The van der Waals surface area contributed by atoms with Gasteiger partial charge >= 0.3 is 0 Å². The Morgan fingerprint density at radius 2 is 2.07 bits per heavy atom. The van der Waals surface area contributed by atoms with Gasteiger partial charge in [0.15, 0.2) is 0 Å². The number of ether oxygens (including phenoxy) is 1. The molecule has 2 rings (SSSR count). The van der Waals surface area contributed by atoms with Gasteiger partial charge in [-0.2, -0.15) is 0 Å². The summed E-state index contributed by atoms with van der Waals surface area (Å²) in [6.45, 7) is 2.70. The summed E-state index contributed by atoms with van der Waals surface area (Å²) in [5.74, 6) is 0.311. The van der Waals surface area contributed by atoms with Gasteiger partial charge in [0.1, 0.15) is 5.78 Å². The zero-order valence-corrected chi connectivity index (χ0v) is 9.03. The van der Waals surface area contributed by atoms with E-state index in [0.29, 0.717) is 25.2 Å². The first-order valence-electron chi connectivity index (χ1n) is 5.51. The molecule has 2 nitrogen and oxygen atoms in total. The van der Waals surface area contributed by atoms with Crippen LogP contribution in [0.2, 0.25) is 0 Å². The molecule has 0 amide bonds. The first kappa shape index (κ1) is 10.4. The lowest BCUT2D eigenvalue weighted by Gasteiger charge is -2.22. The number of hydrogen-bond acceptors (Lipinski definition) is 2. The predicted octanol–water partition coefficient (Wildman–Crippen LogP) is 2.67. The Hall–Kier alpha value is -1.15. The van der Waals surface area contributed by atoms with Gasteiger partial charge < -0.3 is 4.74 Å². The summed E-state index contributed by atoms with van der Waals surface area (Å²) < 4.78 is 5.59. The van der Waals surface area contributed by atoms with E-state index in [4.69, 9.17) is 4.74 Å². The topological polar surface area (TPSA) is 26.3 Å². The number of ketones is 1. The smallest absolute Gasteiger partial charge is 0.138 e. The summed E-state index contributed by atoms with van der Waals surface area (Å²) in [6.07, 6.45) is 2.14. The first-order valence-corrected chi connectivity index (χ1v) is 5.51. The summed E-state index contributed by atoms with van der Waals surface area (Å²) in [4.78, 5) is 11.3. The Morgan fingerprint density at radius 1 is 1.33 bits per heavy atom. The molecule has 1 aliphatic rings. The van der Waals surface area contributed by atoms with Crippen molar-refractivity contribution in [2.75, 3.05) is 6.61 Å². The van der Waals surface area contributed by atoms with E-state index in [9.17, 15) is 4.79 Å². The summed E-state index contributed by atoms with van der Waals surface area (Å²) >= 11 is 0. The molecule has 0 aliphatic carbocycles. The first-order chi connectivity index (χ1) is 7.29. The normalized spacial score (nSPS) is 21.7. The summed E-state index contributed by atoms with van der Waals surface area (Å²) in [7, 11) is 0. The van der Waals surface area contributed by atoms with Gasteiger partial charge in [0.2, 0.25) is 0 Å². The van der Waals surface area contributed by atoms with Gasteiger partial charge in [-0.15, -0.1) is 0 Å². The maximum absolute atomic E-state index is 11.3. The van der Waals surface area contributed by atoms with Gasteiger partial charge in [-0.05, 0) is 17.5 Å². The Bertz CT molecular complexity index is 340. The highest BCUT2D eigenvalue weighted by atomic mass is 16.5. The number of benzene rings is 1. The second-order valence-corrected chi connectivity index (χ2v) is 3.95. The van der Waals surface area contributed by atoms with Crippen molar-refractivity contribution in [3.8, 4) is 0 Å². The second-order valence-electron chi connectivity index (χ2n) is 3.95. The molecule has 0 saturated carbocycles. The molecular weight excluding hydrogens is 188 g/mol. The van der Waals surface area contributed by atoms with E-state index < -0.39 is 0 Å². The second kappa shape index (κ2) is 4.58. The minimum atomic E-state index is -0.0165. The fourth-order valence-electron chi connectivity index (χ4n) is 1.86. The van der Waals surface area contributed by atoms with Gasteiger partial charge in [0.05, 0.1) is 12.7 Å². The van der Waals surface area contributed by atoms with E-state index in [1.165, 1.54) is 5.56 Å². The van der Waals surface area contributed by atoms with Crippen molar-refractivity contribution in [3.63, 3.8) is 0 Å². The molecular formula is C13H16O2. The van der Waals surface area contributed by atoms with Crippen LogP contribution >= 0.6 is 0 Å². The van der Waals surface area contributed by atoms with Crippen molar-refractivity contribution < 1.29 is 9.53 Å². The highest BCUT2D eigenvalue weighted by molar-refractivity contribution is 5.79. The molecule has 1 aliphatic heterocycles. The molecule has 1 saturated heterocycles. The van der Waals surface area contributed by atoms with Gasteiger partial charge in [-0.25, -0.2) is 0 Å². The number of rotatable bonds is 2. The Morgan fingerprint density at radius 3 is 2.67 bits per heavy atom. The molecule has 1 aromatic rings. The van der Waals surface area contributed by atoms with Crippen molar-refractivity contribution in [1.29, 1.82) is 0 Å². The molecule has 1 aromatic carbocycles. The van der Waals surface area contributed by atoms with Crippen LogP contribution in [0.15, 0.2) is 24.3 Å². The van der Waals surface area contributed by atoms with Gasteiger partial charge in [-0.1, -0.05) is 31.2 Å². The third-order valence-corrected chi connectivity index (χ3v) is 2.87. The molecule has 1 unspecified atom stereocenters. The van der Waals surface area contributed by atoms with Crippen LogP contribution in [-0.4, -0.2) is 12.4 Å². The Kier molecular flexibility index (Phi) is 3.17. The molecule has 0 bridgehead atoms. The highest BCUT2D eigenvalue weighted by Crippen LogP contribution is 2.26. The Balaban J connectivity index is 2.11. The lowest BCUT2D eigenvalue weighted by atomic mass is 9.99. The highest BCUT2D eigenvalue weighted by Gasteiger charge is 2.21. The fraction of sp³-hybridized carbons (Fsp3) is 0.462. The number of aryl methyl sites for hydroxylation is 1. The molecule has 0 radical (unpaired) electrons. The van der Waals surface area contributed by atoms with Crippen LogP contribution < -0.4 is 0 Å². The third-order valence-electron chi connectivity index (χ3n) is 2.87. The molecule has 1 heterocycles. The van der Waals surface area contributed by atoms with Crippen molar-refractivity contribution in [3.05, 3.63) is 35.4 Å². The molecule has 0 spiro atoms. The van der Waals surface area contributed by atoms with Gasteiger partial charge in [-0.3, -0.25) is 4.79 Å². The molecule has 15 heavy (non-hydrogen) atoms. The molecule has 0 N–H and O–H groups in total. The van der Waals surface area contributed by atoms with Crippen LogP contribution in [0, 0.1) is 0 Å². The zero-order chi connectivity index (χ0) is 10.7. The number of carbonyl (C=O) groups excluding carboxylic acids is 1. The maximum atomic E-state index is 11.3. The summed E-state index contributed by atoms with van der Waals surface area (Å²) in [5, 5.41) is 0. The van der Waals surface area contributed by atoms with E-state index >= 15 is 0 Å². The fourth-order valence-corrected chi connectivity index (χ4v) is 1.86. The number of carbonyl (C=O) groups is 1. The van der Waals surface area contributed by atoms with E-state index in [2.05, 4.69) is 31.2 Å². The number of Topliss-reactive ketones (excluding diaryl/α,β-unsaturated/α-hetero) is 1. The molecule has 0 aromatic heterocycles. The lowest BCUT2D eigenvalue weighted by Crippen LogP contribution is -2.19. The van der Waals surface area contributed by atoms with Gasteiger partial charge in [0, 0.05) is 12.8 Å². The monoisotopic (exact) mass is 204 g/mol. The van der Waals surface area contributed by atoms with Crippen LogP contribution in [-0.2, 0) is 16.0 Å². The largest absolute Gasteiger partial charge is 0.373 e. The van der Waals surface area contributed by atoms with Crippen molar-refractivity contribution in [1.82, 2.24) is 0 Å². The SMILES string of the molecule is CCc1ccc(C2CC(=O)CCO2)cc1. The van der Waals surface area contributed by atoms with Gasteiger partial charge in [0.25, 0.3) is 0 Å². The standard InChI is InChI=1S/C13H16O2/c1-2-10-3-5-11(6-4-10)13-9-12(14)7-8-15-13/h3-6,13H,2,7-9H2,1H3. The van der Waals surface area contributed by atoms with Crippen LogP contribution in [0.25, 0.3) is 0 Å². The Labute approximate surface area is 90.3 Å².